The van der Waals surface area contributed by atoms with Gasteiger partial charge in [0.15, 0.2) is 0 Å². The number of phenols is 1. The lowest BCUT2D eigenvalue weighted by Crippen LogP contribution is -2.47. The van der Waals surface area contributed by atoms with Crippen molar-refractivity contribution < 1.29 is 10.2 Å². The molecule has 1 aromatic carbocycles. The zero-order chi connectivity index (χ0) is 11.4. The molecule has 0 radical (unpaired) electrons. The number of β-amino-alcohol motifs (C(OH)–C–C–N with tert-alkyl or cyclic N) is 1. The van der Waals surface area contributed by atoms with Crippen LogP contribution in [0.25, 0.3) is 0 Å². The highest BCUT2D eigenvalue weighted by atomic mass is 16.3. The first-order valence-corrected chi connectivity index (χ1v) is 5.67. The predicted octanol–water partition coefficient (Wildman–Crippen LogP) is 0.506. The monoisotopic (exact) mass is 222 g/mol. The van der Waals surface area contributed by atoms with E-state index in [1.165, 1.54) is 0 Å². The zero-order valence-electron chi connectivity index (χ0n) is 9.34. The third-order valence-electron chi connectivity index (χ3n) is 2.98. The number of nitrogens with zero attached hydrogens (tertiary/aromatic N) is 2. The van der Waals surface area contributed by atoms with Crippen molar-refractivity contribution in [1.82, 2.24) is 4.90 Å². The van der Waals surface area contributed by atoms with Crippen molar-refractivity contribution in [2.45, 2.75) is 0 Å². The lowest BCUT2D eigenvalue weighted by Gasteiger charge is -2.35. The number of aromatic hydroxyl groups is 1. The van der Waals surface area contributed by atoms with Crippen LogP contribution in [0.2, 0.25) is 0 Å². The number of hydrogen-bond acceptors (Lipinski definition) is 4. The summed E-state index contributed by atoms with van der Waals surface area (Å²) in [5.41, 5.74) is 1.07. The molecule has 16 heavy (non-hydrogen) atoms. The topological polar surface area (TPSA) is 46.9 Å². The summed E-state index contributed by atoms with van der Waals surface area (Å²) in [6.45, 7) is 4.82. The number of aliphatic hydroxyl groups is 1. The maximum atomic E-state index is 9.41. The summed E-state index contributed by atoms with van der Waals surface area (Å²) in [6.07, 6.45) is 0. The van der Waals surface area contributed by atoms with Crippen LogP contribution in [-0.2, 0) is 0 Å². The van der Waals surface area contributed by atoms with Crippen LogP contribution in [0.3, 0.4) is 0 Å². The molecule has 4 heteroatoms. The van der Waals surface area contributed by atoms with E-state index in [1.807, 2.05) is 12.1 Å². The van der Waals surface area contributed by atoms with E-state index in [2.05, 4.69) is 9.80 Å². The van der Waals surface area contributed by atoms with Crippen LogP contribution in [-0.4, -0.2) is 54.4 Å². The third kappa shape index (κ3) is 2.65. The van der Waals surface area contributed by atoms with Gasteiger partial charge in [0.25, 0.3) is 0 Å². The number of hydrogen-bond donors (Lipinski definition) is 2. The highest BCUT2D eigenvalue weighted by Crippen LogP contribution is 2.21. The molecule has 2 N–H and O–H groups in total. The van der Waals surface area contributed by atoms with Crippen molar-refractivity contribution in [2.24, 2.45) is 0 Å². The van der Waals surface area contributed by atoms with Gasteiger partial charge in [-0.15, -0.1) is 0 Å². The summed E-state index contributed by atoms with van der Waals surface area (Å²) in [7, 11) is 0. The van der Waals surface area contributed by atoms with Crippen LogP contribution in [0.1, 0.15) is 0 Å². The Balaban J connectivity index is 1.94. The van der Waals surface area contributed by atoms with E-state index in [-0.39, 0.29) is 6.61 Å². The molecule has 0 saturated carbocycles. The van der Waals surface area contributed by atoms with Crippen molar-refractivity contribution in [3.05, 3.63) is 24.3 Å². The fraction of sp³-hybridized carbons (Fsp3) is 0.500. The standard InChI is InChI=1S/C12H18N2O2/c15-9-8-13-4-6-14(7-5-13)11-2-1-3-12(16)10-11/h1-3,10,15-16H,4-9H2. The Labute approximate surface area is 95.7 Å². The number of rotatable bonds is 3. The molecule has 0 atom stereocenters. The Morgan fingerprint density at radius 2 is 1.88 bits per heavy atom. The maximum Gasteiger partial charge on any atom is 0.117 e. The lowest BCUT2D eigenvalue weighted by atomic mass is 10.2. The first kappa shape index (κ1) is 11.2. The SMILES string of the molecule is OCCN1CCN(c2cccc(O)c2)CC1. The van der Waals surface area contributed by atoms with E-state index in [0.717, 1.165) is 38.4 Å². The lowest BCUT2D eigenvalue weighted by molar-refractivity contribution is 0.189. The van der Waals surface area contributed by atoms with Crippen LogP contribution < -0.4 is 4.90 Å². The molecule has 1 aliphatic rings. The van der Waals surface area contributed by atoms with E-state index >= 15 is 0 Å². The summed E-state index contributed by atoms with van der Waals surface area (Å²) in [5, 5.41) is 18.3. The van der Waals surface area contributed by atoms with E-state index in [0.29, 0.717) is 5.75 Å². The van der Waals surface area contributed by atoms with Gasteiger partial charge in [-0.2, -0.15) is 0 Å². The van der Waals surface area contributed by atoms with Gasteiger partial charge in [-0.05, 0) is 12.1 Å². The van der Waals surface area contributed by atoms with E-state index in [4.69, 9.17) is 5.11 Å². The Kier molecular flexibility index (Phi) is 3.64. The molecule has 0 spiro atoms. The van der Waals surface area contributed by atoms with Gasteiger partial charge in [-0.3, -0.25) is 4.90 Å². The van der Waals surface area contributed by atoms with Crippen LogP contribution in [0, 0.1) is 0 Å². The first-order valence-electron chi connectivity index (χ1n) is 5.67. The van der Waals surface area contributed by atoms with Crippen LogP contribution >= 0.6 is 0 Å². The van der Waals surface area contributed by atoms with Crippen molar-refractivity contribution >= 4 is 5.69 Å². The number of benzene rings is 1. The third-order valence-corrected chi connectivity index (χ3v) is 2.98. The molecule has 0 bridgehead atoms. The van der Waals surface area contributed by atoms with Gasteiger partial charge in [-0.1, -0.05) is 6.07 Å². The molecular formula is C12H18N2O2. The molecule has 1 aliphatic heterocycles. The summed E-state index contributed by atoms with van der Waals surface area (Å²) in [6, 6.07) is 7.36. The molecule has 1 heterocycles. The van der Waals surface area contributed by atoms with Gasteiger partial charge in [0, 0.05) is 44.5 Å². The molecule has 0 aliphatic carbocycles. The largest absolute Gasteiger partial charge is 0.508 e. The summed E-state index contributed by atoms with van der Waals surface area (Å²) in [4.78, 5) is 4.51. The Morgan fingerprint density at radius 1 is 1.12 bits per heavy atom. The Hall–Kier alpha value is -1.26. The minimum Gasteiger partial charge on any atom is -0.508 e. The highest BCUT2D eigenvalue weighted by Gasteiger charge is 2.16. The second-order valence-electron chi connectivity index (χ2n) is 4.07. The van der Waals surface area contributed by atoms with E-state index in [9.17, 15) is 5.11 Å². The molecule has 1 saturated heterocycles. The van der Waals surface area contributed by atoms with Crippen LogP contribution in [0.4, 0.5) is 5.69 Å². The smallest absolute Gasteiger partial charge is 0.117 e. The summed E-state index contributed by atoms with van der Waals surface area (Å²) < 4.78 is 0. The summed E-state index contributed by atoms with van der Waals surface area (Å²) in [5.74, 6) is 0.315. The van der Waals surface area contributed by atoms with Gasteiger partial charge in [-0.25, -0.2) is 0 Å². The van der Waals surface area contributed by atoms with Gasteiger partial charge in [0.1, 0.15) is 5.75 Å². The average Bonchev–Trinajstić information content (AvgIpc) is 2.30. The fourth-order valence-electron chi connectivity index (χ4n) is 2.06. The second-order valence-corrected chi connectivity index (χ2v) is 4.07. The first-order chi connectivity index (χ1) is 7.79. The normalized spacial score (nSPS) is 17.7. The molecule has 0 amide bonds. The van der Waals surface area contributed by atoms with Crippen molar-refractivity contribution in [3.8, 4) is 5.75 Å². The van der Waals surface area contributed by atoms with Crippen molar-refractivity contribution in [2.75, 3.05) is 44.2 Å². The number of anilines is 1. The number of phenolic OH excluding ortho intramolecular Hbond substituents is 1. The Morgan fingerprint density at radius 3 is 2.50 bits per heavy atom. The molecule has 0 unspecified atom stereocenters. The van der Waals surface area contributed by atoms with Gasteiger partial charge in [0.05, 0.1) is 6.61 Å². The molecule has 1 fully saturated rings. The highest BCUT2D eigenvalue weighted by molar-refractivity contribution is 5.50. The minimum absolute atomic E-state index is 0.228. The molecule has 0 aromatic heterocycles. The predicted molar refractivity (Wildman–Crippen MR) is 63.8 cm³/mol. The molecular weight excluding hydrogens is 204 g/mol. The molecule has 2 rings (SSSR count). The van der Waals surface area contributed by atoms with Gasteiger partial charge >= 0.3 is 0 Å². The fourth-order valence-corrected chi connectivity index (χ4v) is 2.06. The quantitative estimate of drug-likeness (QED) is 0.782. The number of aliphatic hydroxyl groups excluding tert-OH is 1. The maximum absolute atomic E-state index is 9.41. The summed E-state index contributed by atoms with van der Waals surface area (Å²) >= 11 is 0. The van der Waals surface area contributed by atoms with Crippen LogP contribution in [0.5, 0.6) is 5.75 Å². The van der Waals surface area contributed by atoms with Crippen LogP contribution in [0.15, 0.2) is 24.3 Å². The molecule has 88 valence electrons. The van der Waals surface area contributed by atoms with E-state index in [1.54, 1.807) is 12.1 Å². The Bertz CT molecular complexity index is 336. The molecule has 4 nitrogen and oxygen atoms in total. The van der Waals surface area contributed by atoms with Gasteiger partial charge < -0.3 is 15.1 Å². The van der Waals surface area contributed by atoms with Crippen molar-refractivity contribution in [1.29, 1.82) is 0 Å². The van der Waals surface area contributed by atoms with Gasteiger partial charge in [0.2, 0.25) is 0 Å². The average molecular weight is 222 g/mol. The second kappa shape index (κ2) is 5.18. The zero-order valence-corrected chi connectivity index (χ0v) is 9.34. The van der Waals surface area contributed by atoms with Crippen molar-refractivity contribution in [3.63, 3.8) is 0 Å². The number of piperazine rings is 1. The minimum atomic E-state index is 0.228. The molecule has 1 aromatic rings. The van der Waals surface area contributed by atoms with E-state index < -0.39 is 0 Å².